The fourth-order valence-electron chi connectivity index (χ4n) is 1.98. The molecule has 1 aromatic heterocycles. The highest BCUT2D eigenvalue weighted by Gasteiger charge is 2.09. The molecule has 0 spiro atoms. The highest BCUT2D eigenvalue weighted by atomic mass is 19.1. The van der Waals surface area contributed by atoms with E-state index in [1.54, 1.807) is 12.1 Å². The lowest BCUT2D eigenvalue weighted by molar-refractivity contribution is 0.630. The molecule has 0 aliphatic heterocycles. The van der Waals surface area contributed by atoms with Gasteiger partial charge in [0.25, 0.3) is 0 Å². The highest BCUT2D eigenvalue weighted by Crippen LogP contribution is 2.23. The Labute approximate surface area is 119 Å². The predicted molar refractivity (Wildman–Crippen MR) is 80.2 cm³/mol. The lowest BCUT2D eigenvalue weighted by Crippen LogP contribution is -2.06. The number of aryl methyl sites for hydroxylation is 1. The molecule has 0 aliphatic carbocycles. The van der Waals surface area contributed by atoms with Crippen LogP contribution < -0.4 is 5.32 Å². The summed E-state index contributed by atoms with van der Waals surface area (Å²) in [5.74, 6) is 1.27. The van der Waals surface area contributed by atoms with E-state index in [2.05, 4.69) is 29.1 Å². The van der Waals surface area contributed by atoms with Gasteiger partial charge in [0.05, 0.1) is 5.69 Å². The summed E-state index contributed by atoms with van der Waals surface area (Å²) in [4.78, 5) is 8.94. The smallest absolute Gasteiger partial charge is 0.132 e. The van der Waals surface area contributed by atoms with Crippen molar-refractivity contribution in [3.8, 4) is 11.3 Å². The maximum Gasteiger partial charge on any atom is 0.132 e. The average molecular weight is 273 g/mol. The third-order valence-corrected chi connectivity index (χ3v) is 2.95. The van der Waals surface area contributed by atoms with E-state index < -0.39 is 0 Å². The Bertz CT molecular complexity index is 569. The Morgan fingerprint density at radius 3 is 2.60 bits per heavy atom. The van der Waals surface area contributed by atoms with Crippen LogP contribution in [0.25, 0.3) is 11.3 Å². The molecule has 1 aromatic carbocycles. The van der Waals surface area contributed by atoms with Gasteiger partial charge in [-0.25, -0.2) is 14.4 Å². The molecule has 2 rings (SSSR count). The Kier molecular flexibility index (Phi) is 5.04. The van der Waals surface area contributed by atoms with E-state index in [4.69, 9.17) is 0 Å². The zero-order valence-electron chi connectivity index (χ0n) is 12.0. The van der Waals surface area contributed by atoms with Crippen LogP contribution in [0.5, 0.6) is 0 Å². The standard InChI is InChI=1S/C16H20FN3/c1-3-7-15-19-14(11-16(20-15)18-10-4-2)12-8-5-6-9-13(12)17/h5-6,8-9,11H,3-4,7,10H2,1-2H3,(H,18,19,20). The molecule has 1 N–H and O–H groups in total. The van der Waals surface area contributed by atoms with Gasteiger partial charge in [0.2, 0.25) is 0 Å². The SMILES string of the molecule is CCCNc1cc(-c2ccccc2F)nc(CCC)n1. The molecule has 0 bridgehead atoms. The van der Waals surface area contributed by atoms with Crippen LogP contribution in [0.4, 0.5) is 10.2 Å². The molecule has 20 heavy (non-hydrogen) atoms. The number of hydrogen-bond acceptors (Lipinski definition) is 3. The van der Waals surface area contributed by atoms with Crippen molar-refractivity contribution >= 4 is 5.82 Å². The first kappa shape index (κ1) is 14.4. The van der Waals surface area contributed by atoms with Gasteiger partial charge in [-0.3, -0.25) is 0 Å². The number of rotatable bonds is 6. The van der Waals surface area contributed by atoms with E-state index in [1.807, 2.05) is 12.1 Å². The van der Waals surface area contributed by atoms with Crippen molar-refractivity contribution in [2.45, 2.75) is 33.1 Å². The van der Waals surface area contributed by atoms with E-state index in [0.29, 0.717) is 11.3 Å². The number of aromatic nitrogens is 2. The topological polar surface area (TPSA) is 37.8 Å². The van der Waals surface area contributed by atoms with Crippen LogP contribution >= 0.6 is 0 Å². The fraction of sp³-hybridized carbons (Fsp3) is 0.375. The van der Waals surface area contributed by atoms with Crippen LogP contribution in [-0.4, -0.2) is 16.5 Å². The molecule has 0 amide bonds. The molecular formula is C16H20FN3. The van der Waals surface area contributed by atoms with Gasteiger partial charge in [0.15, 0.2) is 0 Å². The van der Waals surface area contributed by atoms with Gasteiger partial charge < -0.3 is 5.32 Å². The van der Waals surface area contributed by atoms with Crippen molar-refractivity contribution in [1.29, 1.82) is 0 Å². The lowest BCUT2D eigenvalue weighted by Gasteiger charge is -2.10. The third-order valence-electron chi connectivity index (χ3n) is 2.95. The summed E-state index contributed by atoms with van der Waals surface area (Å²) < 4.78 is 13.9. The number of hydrogen-bond donors (Lipinski definition) is 1. The van der Waals surface area contributed by atoms with Gasteiger partial charge >= 0.3 is 0 Å². The summed E-state index contributed by atoms with van der Waals surface area (Å²) in [5, 5.41) is 3.25. The minimum absolute atomic E-state index is 0.255. The van der Waals surface area contributed by atoms with Crippen molar-refractivity contribution < 1.29 is 4.39 Å². The van der Waals surface area contributed by atoms with Crippen molar-refractivity contribution in [2.75, 3.05) is 11.9 Å². The van der Waals surface area contributed by atoms with Gasteiger partial charge in [-0.1, -0.05) is 26.0 Å². The van der Waals surface area contributed by atoms with Crippen molar-refractivity contribution in [3.63, 3.8) is 0 Å². The first-order valence-corrected chi connectivity index (χ1v) is 7.11. The summed E-state index contributed by atoms with van der Waals surface area (Å²) in [6.07, 6.45) is 2.78. The van der Waals surface area contributed by atoms with Gasteiger partial charge in [0, 0.05) is 24.6 Å². The maximum atomic E-state index is 13.9. The zero-order valence-corrected chi connectivity index (χ0v) is 12.0. The van der Waals surface area contributed by atoms with Gasteiger partial charge in [-0.2, -0.15) is 0 Å². The van der Waals surface area contributed by atoms with Crippen LogP contribution in [0, 0.1) is 5.82 Å². The largest absolute Gasteiger partial charge is 0.370 e. The van der Waals surface area contributed by atoms with Crippen LogP contribution in [0.2, 0.25) is 0 Å². The van der Waals surface area contributed by atoms with Crippen molar-refractivity contribution in [1.82, 2.24) is 9.97 Å². The molecule has 0 saturated carbocycles. The number of nitrogens with one attached hydrogen (secondary N) is 1. The molecular weight excluding hydrogens is 253 g/mol. The Morgan fingerprint density at radius 2 is 1.90 bits per heavy atom. The average Bonchev–Trinajstić information content (AvgIpc) is 2.46. The summed E-state index contributed by atoms with van der Waals surface area (Å²) in [6.45, 7) is 5.02. The number of halogens is 1. The molecule has 2 aromatic rings. The molecule has 0 fully saturated rings. The van der Waals surface area contributed by atoms with E-state index in [1.165, 1.54) is 6.07 Å². The van der Waals surface area contributed by atoms with Crippen molar-refractivity contribution in [3.05, 3.63) is 42.0 Å². The molecule has 0 radical (unpaired) electrons. The van der Waals surface area contributed by atoms with E-state index in [-0.39, 0.29) is 5.82 Å². The quantitative estimate of drug-likeness (QED) is 0.862. The van der Waals surface area contributed by atoms with E-state index in [9.17, 15) is 4.39 Å². The van der Waals surface area contributed by atoms with Crippen LogP contribution in [-0.2, 0) is 6.42 Å². The number of anilines is 1. The Hall–Kier alpha value is -1.97. The second kappa shape index (κ2) is 6.98. The molecule has 0 atom stereocenters. The summed E-state index contributed by atoms with van der Waals surface area (Å²) >= 11 is 0. The zero-order chi connectivity index (χ0) is 14.4. The molecule has 0 unspecified atom stereocenters. The van der Waals surface area contributed by atoms with Gasteiger partial charge in [0.1, 0.15) is 17.5 Å². The number of nitrogens with zero attached hydrogens (tertiary/aromatic N) is 2. The minimum atomic E-state index is -0.255. The minimum Gasteiger partial charge on any atom is -0.370 e. The second-order valence-electron chi connectivity index (χ2n) is 4.71. The predicted octanol–water partition coefficient (Wildman–Crippen LogP) is 4.06. The lowest BCUT2D eigenvalue weighted by atomic mass is 10.1. The molecule has 1 heterocycles. The molecule has 106 valence electrons. The third kappa shape index (κ3) is 3.53. The first-order chi connectivity index (χ1) is 9.74. The molecule has 4 heteroatoms. The number of benzene rings is 1. The maximum absolute atomic E-state index is 13.9. The Balaban J connectivity index is 2.40. The van der Waals surface area contributed by atoms with Crippen LogP contribution in [0.15, 0.2) is 30.3 Å². The van der Waals surface area contributed by atoms with E-state index >= 15 is 0 Å². The van der Waals surface area contributed by atoms with Gasteiger partial charge in [-0.15, -0.1) is 0 Å². The molecule has 0 aliphatic rings. The van der Waals surface area contributed by atoms with Crippen molar-refractivity contribution in [2.24, 2.45) is 0 Å². The summed E-state index contributed by atoms with van der Waals surface area (Å²) in [7, 11) is 0. The Morgan fingerprint density at radius 1 is 1.10 bits per heavy atom. The fourth-order valence-corrected chi connectivity index (χ4v) is 1.98. The normalized spacial score (nSPS) is 10.6. The monoisotopic (exact) mass is 273 g/mol. The van der Waals surface area contributed by atoms with Crippen LogP contribution in [0.3, 0.4) is 0 Å². The summed E-state index contributed by atoms with van der Waals surface area (Å²) in [6, 6.07) is 8.52. The van der Waals surface area contributed by atoms with Gasteiger partial charge in [-0.05, 0) is 25.0 Å². The molecule has 3 nitrogen and oxygen atoms in total. The van der Waals surface area contributed by atoms with Crippen LogP contribution in [0.1, 0.15) is 32.5 Å². The molecule has 0 saturated heterocycles. The van der Waals surface area contributed by atoms with E-state index in [0.717, 1.165) is 37.4 Å². The highest BCUT2D eigenvalue weighted by molar-refractivity contribution is 5.63. The first-order valence-electron chi connectivity index (χ1n) is 7.11. The second-order valence-corrected chi connectivity index (χ2v) is 4.71. The summed E-state index contributed by atoms with van der Waals surface area (Å²) in [5.41, 5.74) is 1.16.